The fourth-order valence-corrected chi connectivity index (χ4v) is 2.02. The van der Waals surface area contributed by atoms with Gasteiger partial charge in [0.1, 0.15) is 5.69 Å². The molecule has 2 aromatic rings. The molecule has 0 spiro atoms. The van der Waals surface area contributed by atoms with Gasteiger partial charge in [0.25, 0.3) is 5.91 Å². The van der Waals surface area contributed by atoms with E-state index in [0.29, 0.717) is 11.6 Å². The van der Waals surface area contributed by atoms with Gasteiger partial charge in [-0.25, -0.2) is 9.78 Å². The van der Waals surface area contributed by atoms with E-state index >= 15 is 0 Å². The number of nitrogens with zero attached hydrogens (tertiary/aromatic N) is 1. The molecule has 2 rings (SSSR count). The van der Waals surface area contributed by atoms with Crippen LogP contribution in [-0.4, -0.2) is 23.5 Å². The lowest BCUT2D eigenvalue weighted by Crippen LogP contribution is -2.21. The molecular weight excluding hydrogens is 292 g/mol. The Labute approximate surface area is 135 Å². The molecule has 120 valence electrons. The van der Waals surface area contributed by atoms with E-state index in [4.69, 9.17) is 4.74 Å². The number of hydrogen-bond acceptors (Lipinski definition) is 4. The maximum Gasteiger partial charge on any atom is 0.357 e. The van der Waals surface area contributed by atoms with Crippen molar-refractivity contribution in [3.8, 4) is 0 Å². The van der Waals surface area contributed by atoms with Gasteiger partial charge in [0.05, 0.1) is 0 Å². The highest BCUT2D eigenvalue weighted by Crippen LogP contribution is 2.20. The van der Waals surface area contributed by atoms with Crippen molar-refractivity contribution in [1.29, 1.82) is 0 Å². The van der Waals surface area contributed by atoms with E-state index in [9.17, 15) is 9.59 Å². The summed E-state index contributed by atoms with van der Waals surface area (Å²) in [6, 6.07) is 12.6. The first-order valence-corrected chi connectivity index (χ1v) is 7.58. The molecule has 1 unspecified atom stereocenters. The standard InChI is InChI=1S/C18H20N2O3/c1-3-13(2)14-7-9-15(10-8-14)20-17(21)12-23-18(22)16-6-4-5-11-19-16/h4-11,13H,3,12H2,1-2H3,(H,20,21). The van der Waals surface area contributed by atoms with Gasteiger partial charge in [0.2, 0.25) is 0 Å². The first-order chi connectivity index (χ1) is 11.1. The van der Waals surface area contributed by atoms with Gasteiger partial charge < -0.3 is 10.1 Å². The number of aromatic nitrogens is 1. The molecule has 0 aliphatic rings. The zero-order chi connectivity index (χ0) is 16.7. The number of nitrogens with one attached hydrogen (secondary N) is 1. The second kappa shape index (κ2) is 8.08. The van der Waals surface area contributed by atoms with E-state index in [-0.39, 0.29) is 18.2 Å². The highest BCUT2D eigenvalue weighted by molar-refractivity contribution is 5.94. The van der Waals surface area contributed by atoms with Crippen LogP contribution >= 0.6 is 0 Å². The number of anilines is 1. The maximum absolute atomic E-state index is 11.8. The Balaban J connectivity index is 1.84. The second-order valence-electron chi connectivity index (χ2n) is 5.27. The molecule has 0 saturated heterocycles. The number of ether oxygens (including phenoxy) is 1. The van der Waals surface area contributed by atoms with Crippen LogP contribution in [0.25, 0.3) is 0 Å². The minimum Gasteiger partial charge on any atom is -0.451 e. The van der Waals surface area contributed by atoms with Crippen LogP contribution in [0, 0.1) is 0 Å². The third-order valence-electron chi connectivity index (χ3n) is 3.58. The van der Waals surface area contributed by atoms with E-state index in [1.807, 2.05) is 24.3 Å². The van der Waals surface area contributed by atoms with Crippen molar-refractivity contribution >= 4 is 17.6 Å². The topological polar surface area (TPSA) is 68.3 Å². The van der Waals surface area contributed by atoms with Crippen molar-refractivity contribution in [1.82, 2.24) is 4.98 Å². The van der Waals surface area contributed by atoms with Gasteiger partial charge in [-0.1, -0.05) is 32.0 Å². The van der Waals surface area contributed by atoms with Crippen molar-refractivity contribution < 1.29 is 14.3 Å². The van der Waals surface area contributed by atoms with E-state index in [1.54, 1.807) is 12.1 Å². The fourth-order valence-electron chi connectivity index (χ4n) is 2.02. The Morgan fingerprint density at radius 1 is 1.17 bits per heavy atom. The molecule has 0 aliphatic carbocycles. The summed E-state index contributed by atoms with van der Waals surface area (Å²) in [6.45, 7) is 3.95. The second-order valence-corrected chi connectivity index (χ2v) is 5.27. The molecule has 1 atom stereocenters. The van der Waals surface area contributed by atoms with Crippen LogP contribution < -0.4 is 5.32 Å². The first-order valence-electron chi connectivity index (χ1n) is 7.58. The van der Waals surface area contributed by atoms with Gasteiger partial charge >= 0.3 is 5.97 Å². The predicted octanol–water partition coefficient (Wildman–Crippen LogP) is 3.39. The number of carbonyl (C=O) groups excluding carboxylic acids is 2. The van der Waals surface area contributed by atoms with Gasteiger partial charge in [-0.15, -0.1) is 0 Å². The molecule has 1 aromatic heterocycles. The molecule has 0 radical (unpaired) electrons. The Morgan fingerprint density at radius 3 is 2.52 bits per heavy atom. The lowest BCUT2D eigenvalue weighted by molar-refractivity contribution is -0.119. The summed E-state index contributed by atoms with van der Waals surface area (Å²) < 4.78 is 4.93. The molecular formula is C18H20N2O3. The smallest absolute Gasteiger partial charge is 0.357 e. The predicted molar refractivity (Wildman–Crippen MR) is 88.3 cm³/mol. The number of amides is 1. The SMILES string of the molecule is CCC(C)c1ccc(NC(=O)COC(=O)c2ccccn2)cc1. The average molecular weight is 312 g/mol. The highest BCUT2D eigenvalue weighted by atomic mass is 16.5. The maximum atomic E-state index is 11.8. The fraction of sp³-hybridized carbons (Fsp3) is 0.278. The van der Waals surface area contributed by atoms with Crippen LogP contribution in [0.4, 0.5) is 5.69 Å². The van der Waals surface area contributed by atoms with Crippen LogP contribution in [-0.2, 0) is 9.53 Å². The van der Waals surface area contributed by atoms with Crippen LogP contribution in [0.1, 0.15) is 42.2 Å². The summed E-state index contributed by atoms with van der Waals surface area (Å²) in [5, 5.41) is 2.70. The van der Waals surface area contributed by atoms with Gasteiger partial charge in [0, 0.05) is 11.9 Å². The molecule has 5 nitrogen and oxygen atoms in total. The summed E-state index contributed by atoms with van der Waals surface area (Å²) in [7, 11) is 0. The summed E-state index contributed by atoms with van der Waals surface area (Å²) >= 11 is 0. The molecule has 1 N–H and O–H groups in total. The zero-order valence-corrected chi connectivity index (χ0v) is 13.3. The number of carbonyl (C=O) groups is 2. The Hall–Kier alpha value is -2.69. The minimum absolute atomic E-state index is 0.179. The average Bonchev–Trinajstić information content (AvgIpc) is 2.60. The summed E-state index contributed by atoms with van der Waals surface area (Å²) in [6.07, 6.45) is 2.56. The van der Waals surface area contributed by atoms with Gasteiger partial charge in [-0.3, -0.25) is 4.79 Å². The quantitative estimate of drug-likeness (QED) is 0.830. The van der Waals surface area contributed by atoms with E-state index in [2.05, 4.69) is 24.1 Å². The van der Waals surface area contributed by atoms with Crippen LogP contribution in [0.15, 0.2) is 48.7 Å². The normalized spacial score (nSPS) is 11.6. The monoisotopic (exact) mass is 312 g/mol. The number of benzene rings is 1. The molecule has 1 amide bonds. The Kier molecular flexibility index (Phi) is 5.86. The number of pyridine rings is 1. The van der Waals surface area contributed by atoms with Crippen LogP contribution in [0.3, 0.4) is 0 Å². The third-order valence-corrected chi connectivity index (χ3v) is 3.58. The lowest BCUT2D eigenvalue weighted by atomic mass is 9.99. The lowest BCUT2D eigenvalue weighted by Gasteiger charge is -2.10. The summed E-state index contributed by atoms with van der Waals surface area (Å²) in [5.74, 6) is -0.516. The van der Waals surface area contributed by atoms with Gasteiger partial charge in [-0.2, -0.15) is 0 Å². The zero-order valence-electron chi connectivity index (χ0n) is 13.3. The molecule has 0 bridgehead atoms. The van der Waals surface area contributed by atoms with E-state index in [1.165, 1.54) is 17.8 Å². The highest BCUT2D eigenvalue weighted by Gasteiger charge is 2.11. The first kappa shape index (κ1) is 16.7. The van der Waals surface area contributed by atoms with Crippen molar-refractivity contribution in [2.75, 3.05) is 11.9 Å². The molecule has 23 heavy (non-hydrogen) atoms. The summed E-state index contributed by atoms with van der Waals surface area (Å²) in [5.41, 5.74) is 2.08. The van der Waals surface area contributed by atoms with Crippen LogP contribution in [0.5, 0.6) is 0 Å². The van der Waals surface area contributed by atoms with Crippen molar-refractivity contribution in [2.24, 2.45) is 0 Å². The molecule has 1 aromatic carbocycles. The van der Waals surface area contributed by atoms with Gasteiger partial charge in [-0.05, 0) is 42.2 Å². The van der Waals surface area contributed by atoms with Crippen molar-refractivity contribution in [2.45, 2.75) is 26.2 Å². The number of esters is 1. The molecule has 0 saturated carbocycles. The third kappa shape index (κ3) is 4.92. The Morgan fingerprint density at radius 2 is 1.91 bits per heavy atom. The van der Waals surface area contributed by atoms with Crippen molar-refractivity contribution in [3.63, 3.8) is 0 Å². The van der Waals surface area contributed by atoms with Crippen LogP contribution in [0.2, 0.25) is 0 Å². The van der Waals surface area contributed by atoms with Gasteiger partial charge in [0.15, 0.2) is 6.61 Å². The van der Waals surface area contributed by atoms with E-state index < -0.39 is 5.97 Å². The largest absolute Gasteiger partial charge is 0.451 e. The Bertz CT molecular complexity index is 654. The molecule has 5 heteroatoms. The van der Waals surface area contributed by atoms with E-state index in [0.717, 1.165) is 6.42 Å². The number of hydrogen-bond donors (Lipinski definition) is 1. The minimum atomic E-state index is -0.618. The van der Waals surface area contributed by atoms with Crippen molar-refractivity contribution in [3.05, 3.63) is 59.9 Å². The molecule has 0 aliphatic heterocycles. The molecule has 0 fully saturated rings. The summed E-state index contributed by atoms with van der Waals surface area (Å²) in [4.78, 5) is 27.4. The molecule has 1 heterocycles. The number of rotatable bonds is 6.